The van der Waals surface area contributed by atoms with Crippen LogP contribution < -0.4 is 10.6 Å². The van der Waals surface area contributed by atoms with Gasteiger partial charge < -0.3 is 14.7 Å². The normalized spacial score (nSPS) is 24.8. The number of rotatable bonds is 6. The van der Waals surface area contributed by atoms with Gasteiger partial charge in [0.2, 0.25) is 0 Å². The molecule has 3 atom stereocenters. The third kappa shape index (κ3) is 5.15. The van der Waals surface area contributed by atoms with Gasteiger partial charge in [-0.25, -0.2) is 0 Å². The minimum Gasteiger partial charge on any atom is -0.489 e. The van der Waals surface area contributed by atoms with Gasteiger partial charge in [-0.1, -0.05) is 24.1 Å². The van der Waals surface area contributed by atoms with Gasteiger partial charge in [-0.15, -0.1) is 5.92 Å². The molecular weight excluding hydrogens is 354 g/mol. The van der Waals surface area contributed by atoms with Crippen molar-refractivity contribution in [1.29, 1.82) is 0 Å². The zero-order chi connectivity index (χ0) is 20.0. The van der Waals surface area contributed by atoms with Gasteiger partial charge in [-0.2, -0.15) is 5.90 Å². The fourth-order valence-corrected chi connectivity index (χ4v) is 4.46. The zero-order valence-electron chi connectivity index (χ0n) is 16.4. The summed E-state index contributed by atoms with van der Waals surface area (Å²) in [6.45, 7) is 2.32. The van der Waals surface area contributed by atoms with Gasteiger partial charge in [0.25, 0.3) is 0 Å². The number of ether oxygens (including phenoxy) is 1. The Kier molecular flexibility index (Phi) is 6.77. The molecule has 3 N–H and O–H groups in total. The Bertz CT molecular complexity index is 774. The fraction of sp³-hybridized carbons (Fsp3) is 0.522. The van der Waals surface area contributed by atoms with Crippen molar-refractivity contribution >= 4 is 5.97 Å². The van der Waals surface area contributed by atoms with Crippen LogP contribution in [0.2, 0.25) is 0 Å². The highest BCUT2D eigenvalue weighted by atomic mass is 16.7. The third-order valence-electron chi connectivity index (χ3n) is 5.83. The van der Waals surface area contributed by atoms with E-state index < -0.39 is 5.97 Å². The van der Waals surface area contributed by atoms with Crippen LogP contribution in [-0.4, -0.2) is 23.8 Å². The molecule has 2 aliphatic rings. The topological polar surface area (TPSA) is 81.8 Å². The van der Waals surface area contributed by atoms with Crippen molar-refractivity contribution in [3.05, 3.63) is 41.5 Å². The third-order valence-corrected chi connectivity index (χ3v) is 5.83. The molecule has 1 spiro atoms. The van der Waals surface area contributed by atoms with Gasteiger partial charge in [0.05, 0.1) is 18.4 Å². The highest BCUT2D eigenvalue weighted by Crippen LogP contribution is 2.47. The Morgan fingerprint density at radius 1 is 1.36 bits per heavy atom. The van der Waals surface area contributed by atoms with Crippen LogP contribution in [0.25, 0.3) is 0 Å². The SMILES string of the molecule is CC#C[C@@H](CC(=O)ON)c1ccc(OCC2=C[C@@]3(CCC2)CC[C@@H](O)C3)cc1. The summed E-state index contributed by atoms with van der Waals surface area (Å²) < 4.78 is 5.99. The predicted octanol–water partition coefficient (Wildman–Crippen LogP) is 3.62. The molecule has 0 radical (unpaired) electrons. The van der Waals surface area contributed by atoms with Crippen LogP contribution in [0.3, 0.4) is 0 Å². The number of hydrogen-bond donors (Lipinski definition) is 2. The smallest absolute Gasteiger partial charge is 0.326 e. The van der Waals surface area contributed by atoms with Crippen molar-refractivity contribution in [1.82, 2.24) is 0 Å². The Labute approximate surface area is 166 Å². The molecule has 3 rings (SSSR count). The standard InChI is InChI=1S/C23H29NO4/c1-2-4-19(13-22(26)28-24)18-6-8-21(9-7-18)27-16-17-5-3-11-23(14-17)12-10-20(25)15-23/h6-9,14,19-20,25H,3,5,10-13,15-16,24H2,1H3/t19-,20+,23+/m0/s1. The van der Waals surface area contributed by atoms with E-state index >= 15 is 0 Å². The summed E-state index contributed by atoms with van der Waals surface area (Å²) in [5.41, 5.74) is 2.44. The van der Waals surface area contributed by atoms with Gasteiger partial charge in [0.15, 0.2) is 0 Å². The van der Waals surface area contributed by atoms with Crippen LogP contribution in [0.15, 0.2) is 35.9 Å². The van der Waals surface area contributed by atoms with Crippen LogP contribution >= 0.6 is 0 Å². The molecule has 1 aromatic rings. The Balaban J connectivity index is 1.61. The minimum atomic E-state index is -0.483. The Morgan fingerprint density at radius 2 is 2.14 bits per heavy atom. The van der Waals surface area contributed by atoms with E-state index in [0.29, 0.717) is 6.61 Å². The lowest BCUT2D eigenvalue weighted by molar-refractivity contribution is -0.144. The van der Waals surface area contributed by atoms with Gasteiger partial charge >= 0.3 is 5.97 Å². The average molecular weight is 383 g/mol. The maximum atomic E-state index is 11.5. The van der Waals surface area contributed by atoms with Crippen LogP contribution in [-0.2, 0) is 9.63 Å². The van der Waals surface area contributed by atoms with E-state index in [0.717, 1.165) is 43.4 Å². The van der Waals surface area contributed by atoms with E-state index in [1.807, 2.05) is 24.3 Å². The highest BCUT2D eigenvalue weighted by Gasteiger charge is 2.38. The quantitative estimate of drug-likeness (QED) is 0.445. The summed E-state index contributed by atoms with van der Waals surface area (Å²) in [5, 5.41) is 9.91. The lowest BCUT2D eigenvalue weighted by atomic mass is 9.75. The number of carbonyl (C=O) groups excluding carboxylic acids is 1. The van der Waals surface area contributed by atoms with Crippen LogP contribution in [0.1, 0.15) is 63.4 Å². The molecule has 0 unspecified atom stereocenters. The summed E-state index contributed by atoms with van der Waals surface area (Å²) >= 11 is 0. The van der Waals surface area contributed by atoms with Crippen molar-refractivity contribution in [2.75, 3.05) is 6.61 Å². The maximum absolute atomic E-state index is 11.5. The Morgan fingerprint density at radius 3 is 2.79 bits per heavy atom. The second kappa shape index (κ2) is 9.27. The summed E-state index contributed by atoms with van der Waals surface area (Å²) in [6, 6.07) is 7.67. The molecule has 1 saturated carbocycles. The molecule has 0 saturated heterocycles. The van der Waals surface area contributed by atoms with Crippen LogP contribution in [0.5, 0.6) is 5.75 Å². The number of nitrogens with two attached hydrogens (primary N) is 1. The first-order valence-electron chi connectivity index (χ1n) is 9.97. The van der Waals surface area contributed by atoms with Gasteiger partial charge in [0, 0.05) is 0 Å². The molecular formula is C23H29NO4. The molecule has 0 amide bonds. The van der Waals surface area contributed by atoms with E-state index in [1.54, 1.807) is 6.92 Å². The predicted molar refractivity (Wildman–Crippen MR) is 107 cm³/mol. The van der Waals surface area contributed by atoms with Gasteiger partial charge in [0.1, 0.15) is 12.4 Å². The second-order valence-electron chi connectivity index (χ2n) is 7.91. The summed E-state index contributed by atoms with van der Waals surface area (Å²) in [5.74, 6) is 10.9. The molecule has 5 nitrogen and oxygen atoms in total. The molecule has 0 aliphatic heterocycles. The number of hydrogen-bond acceptors (Lipinski definition) is 5. The number of benzene rings is 1. The van der Waals surface area contributed by atoms with Gasteiger partial charge in [-0.05, 0) is 74.1 Å². The van der Waals surface area contributed by atoms with E-state index in [4.69, 9.17) is 10.6 Å². The molecule has 0 bridgehead atoms. The lowest BCUT2D eigenvalue weighted by Crippen LogP contribution is -2.21. The number of aliphatic hydroxyl groups excluding tert-OH is 1. The minimum absolute atomic E-state index is 0.123. The molecule has 28 heavy (non-hydrogen) atoms. The highest BCUT2D eigenvalue weighted by molar-refractivity contribution is 5.71. The number of aliphatic hydroxyl groups is 1. The second-order valence-corrected chi connectivity index (χ2v) is 7.91. The van der Waals surface area contributed by atoms with E-state index in [1.165, 1.54) is 12.0 Å². The summed E-state index contributed by atoms with van der Waals surface area (Å²) in [4.78, 5) is 15.8. The first-order chi connectivity index (χ1) is 13.5. The van der Waals surface area contributed by atoms with Crippen LogP contribution in [0.4, 0.5) is 0 Å². The van der Waals surface area contributed by atoms with Crippen LogP contribution in [0, 0.1) is 17.3 Å². The first kappa shape index (κ1) is 20.4. The molecule has 1 aromatic carbocycles. The molecule has 0 aromatic heterocycles. The van der Waals surface area contributed by atoms with Gasteiger partial charge in [-0.3, -0.25) is 4.79 Å². The molecule has 5 heteroatoms. The molecule has 0 heterocycles. The van der Waals surface area contributed by atoms with E-state index in [2.05, 4.69) is 22.8 Å². The van der Waals surface area contributed by atoms with Crippen molar-refractivity contribution in [3.8, 4) is 17.6 Å². The van der Waals surface area contributed by atoms with Crippen molar-refractivity contribution in [2.24, 2.45) is 11.3 Å². The summed E-state index contributed by atoms with van der Waals surface area (Å²) in [6.07, 6.45) is 8.61. The summed E-state index contributed by atoms with van der Waals surface area (Å²) in [7, 11) is 0. The first-order valence-corrected chi connectivity index (χ1v) is 9.97. The van der Waals surface area contributed by atoms with Crippen molar-refractivity contribution < 1.29 is 19.5 Å². The number of carbonyl (C=O) groups is 1. The molecule has 1 fully saturated rings. The van der Waals surface area contributed by atoms with Crippen molar-refractivity contribution in [2.45, 2.75) is 63.9 Å². The van der Waals surface area contributed by atoms with E-state index in [9.17, 15) is 9.90 Å². The largest absolute Gasteiger partial charge is 0.489 e. The van der Waals surface area contributed by atoms with Crippen molar-refractivity contribution in [3.63, 3.8) is 0 Å². The molecule has 150 valence electrons. The zero-order valence-corrected chi connectivity index (χ0v) is 16.4. The Hall–Kier alpha value is -2.29. The fourth-order valence-electron chi connectivity index (χ4n) is 4.46. The monoisotopic (exact) mass is 383 g/mol. The maximum Gasteiger partial charge on any atom is 0.326 e. The van der Waals surface area contributed by atoms with E-state index in [-0.39, 0.29) is 23.9 Å². The molecule has 2 aliphatic carbocycles. The lowest BCUT2D eigenvalue weighted by Gasteiger charge is -2.31. The number of allylic oxidation sites excluding steroid dienone is 1. The average Bonchev–Trinajstić information content (AvgIpc) is 3.06.